The first-order valence-corrected chi connectivity index (χ1v) is 5.38. The molecule has 0 bridgehead atoms. The highest BCUT2D eigenvalue weighted by Gasteiger charge is 2.28. The lowest BCUT2D eigenvalue weighted by molar-refractivity contribution is -0.140. The van der Waals surface area contributed by atoms with Gasteiger partial charge in [-0.3, -0.25) is 4.79 Å². The summed E-state index contributed by atoms with van der Waals surface area (Å²) < 4.78 is 10.0. The number of carbonyl (C=O) groups excluding carboxylic acids is 2. The van der Waals surface area contributed by atoms with Crippen LogP contribution in [-0.4, -0.2) is 18.5 Å². The summed E-state index contributed by atoms with van der Waals surface area (Å²) in [6.07, 6.45) is 0. The number of rotatable bonds is 2. The first kappa shape index (κ1) is 12.0. The van der Waals surface area contributed by atoms with Crippen molar-refractivity contribution in [3.05, 3.63) is 35.7 Å². The van der Waals surface area contributed by atoms with E-state index < -0.39 is 11.9 Å². The van der Waals surface area contributed by atoms with Crippen LogP contribution in [0.15, 0.2) is 35.7 Å². The number of amides is 1. The zero-order valence-corrected chi connectivity index (χ0v) is 9.73. The topological polar surface area (TPSA) is 90.7 Å². The van der Waals surface area contributed by atoms with Gasteiger partial charge in [-0.05, 0) is 19.1 Å². The summed E-state index contributed by atoms with van der Waals surface area (Å²) >= 11 is 0. The molecule has 0 aromatic heterocycles. The Hall–Kier alpha value is -2.50. The summed E-state index contributed by atoms with van der Waals surface area (Å²) in [4.78, 5) is 23.5. The van der Waals surface area contributed by atoms with E-state index in [1.165, 1.54) is 0 Å². The fourth-order valence-electron chi connectivity index (χ4n) is 1.52. The van der Waals surface area contributed by atoms with Crippen LogP contribution in [0, 0.1) is 0 Å². The average Bonchev–Trinajstić information content (AvgIpc) is 2.44. The second kappa shape index (κ2) is 4.79. The molecule has 6 heteroatoms. The Labute approximate surface area is 103 Å². The third-order valence-electron chi connectivity index (χ3n) is 2.31. The molecule has 0 spiro atoms. The first-order chi connectivity index (χ1) is 8.63. The van der Waals surface area contributed by atoms with Gasteiger partial charge in [-0.1, -0.05) is 12.1 Å². The van der Waals surface area contributed by atoms with E-state index in [-0.39, 0.29) is 18.1 Å². The lowest BCUT2D eigenvalue weighted by atomic mass is 10.2. The van der Waals surface area contributed by atoms with Crippen LogP contribution in [0.4, 0.5) is 5.69 Å². The molecule has 1 aromatic carbocycles. The monoisotopic (exact) mass is 248 g/mol. The van der Waals surface area contributed by atoms with Gasteiger partial charge in [0.1, 0.15) is 0 Å². The molecule has 1 heterocycles. The van der Waals surface area contributed by atoms with Crippen LogP contribution in [-0.2, 0) is 14.3 Å². The number of esters is 1. The lowest BCUT2D eigenvalue weighted by Crippen LogP contribution is -2.25. The fourth-order valence-corrected chi connectivity index (χ4v) is 1.52. The molecule has 3 N–H and O–H groups in total. The van der Waals surface area contributed by atoms with Crippen molar-refractivity contribution in [2.45, 2.75) is 6.92 Å². The van der Waals surface area contributed by atoms with Crippen molar-refractivity contribution in [2.75, 3.05) is 11.9 Å². The maximum absolute atomic E-state index is 11.9. The Balaban J connectivity index is 2.39. The van der Waals surface area contributed by atoms with E-state index in [0.29, 0.717) is 11.4 Å². The van der Waals surface area contributed by atoms with E-state index in [2.05, 4.69) is 5.32 Å². The van der Waals surface area contributed by atoms with E-state index in [4.69, 9.17) is 15.2 Å². The van der Waals surface area contributed by atoms with Crippen molar-refractivity contribution in [1.29, 1.82) is 0 Å². The Morgan fingerprint density at radius 3 is 2.89 bits per heavy atom. The van der Waals surface area contributed by atoms with E-state index in [9.17, 15) is 9.59 Å². The second-order valence-electron chi connectivity index (χ2n) is 3.51. The number of hydrogen-bond donors (Lipinski definition) is 2. The standard InChI is InChI=1S/C12H12N2O4/c1-2-17-12(16)9-10(13)18-8-6-4-3-5-7(8)14-11(9)15/h3-6H,2,13H2,1H3,(H,14,15). The summed E-state index contributed by atoms with van der Waals surface area (Å²) in [5.41, 5.74) is 5.73. The molecular weight excluding hydrogens is 236 g/mol. The summed E-state index contributed by atoms with van der Waals surface area (Å²) in [5, 5.41) is 2.54. The van der Waals surface area contributed by atoms with E-state index in [1.807, 2.05) is 0 Å². The van der Waals surface area contributed by atoms with Crippen LogP contribution in [0.2, 0.25) is 0 Å². The molecule has 0 saturated carbocycles. The Bertz CT molecular complexity index is 537. The average molecular weight is 248 g/mol. The van der Waals surface area contributed by atoms with Gasteiger partial charge in [-0.2, -0.15) is 0 Å². The highest BCUT2D eigenvalue weighted by atomic mass is 16.5. The van der Waals surface area contributed by atoms with Crippen molar-refractivity contribution >= 4 is 17.6 Å². The molecule has 18 heavy (non-hydrogen) atoms. The highest BCUT2D eigenvalue weighted by molar-refractivity contribution is 6.22. The van der Waals surface area contributed by atoms with Gasteiger partial charge >= 0.3 is 5.97 Å². The predicted molar refractivity (Wildman–Crippen MR) is 63.5 cm³/mol. The highest BCUT2D eigenvalue weighted by Crippen LogP contribution is 2.28. The van der Waals surface area contributed by atoms with Crippen molar-refractivity contribution in [3.63, 3.8) is 0 Å². The summed E-state index contributed by atoms with van der Waals surface area (Å²) in [7, 11) is 0. The number of para-hydroxylation sites is 2. The van der Waals surface area contributed by atoms with Gasteiger partial charge in [-0.25, -0.2) is 4.79 Å². The van der Waals surface area contributed by atoms with Crippen molar-refractivity contribution in [3.8, 4) is 5.75 Å². The quantitative estimate of drug-likeness (QED) is 0.595. The zero-order chi connectivity index (χ0) is 13.1. The molecule has 1 amide bonds. The molecule has 94 valence electrons. The van der Waals surface area contributed by atoms with Crippen LogP contribution in [0.5, 0.6) is 5.75 Å². The van der Waals surface area contributed by atoms with Crippen LogP contribution in [0.1, 0.15) is 6.92 Å². The predicted octanol–water partition coefficient (Wildman–Crippen LogP) is 0.751. The summed E-state index contributed by atoms with van der Waals surface area (Å²) in [6.45, 7) is 1.79. The normalized spacial score (nSPS) is 14.2. The van der Waals surface area contributed by atoms with E-state index in [1.54, 1.807) is 31.2 Å². The zero-order valence-electron chi connectivity index (χ0n) is 9.73. The first-order valence-electron chi connectivity index (χ1n) is 5.38. The number of hydrogen-bond acceptors (Lipinski definition) is 5. The number of anilines is 1. The van der Waals surface area contributed by atoms with Crippen molar-refractivity contribution in [1.82, 2.24) is 0 Å². The van der Waals surface area contributed by atoms with Crippen LogP contribution in [0.3, 0.4) is 0 Å². The maximum Gasteiger partial charge on any atom is 0.349 e. The molecular formula is C12H12N2O4. The minimum atomic E-state index is -0.805. The molecule has 0 unspecified atom stereocenters. The molecule has 0 atom stereocenters. The lowest BCUT2D eigenvalue weighted by Gasteiger charge is -2.06. The summed E-state index contributed by atoms with van der Waals surface area (Å²) in [6, 6.07) is 6.74. The smallest absolute Gasteiger partial charge is 0.349 e. The number of carbonyl (C=O) groups is 2. The minimum absolute atomic E-state index is 0.149. The second-order valence-corrected chi connectivity index (χ2v) is 3.51. The van der Waals surface area contributed by atoms with Gasteiger partial charge in [0.2, 0.25) is 5.88 Å². The summed E-state index contributed by atoms with van der Waals surface area (Å²) in [5.74, 6) is -1.34. The molecule has 1 aliphatic heterocycles. The SMILES string of the molecule is CCOC(=O)C1=C(N)Oc2ccccc2NC1=O. The molecule has 6 nitrogen and oxygen atoms in total. The van der Waals surface area contributed by atoms with Gasteiger partial charge < -0.3 is 20.5 Å². The molecule has 1 aliphatic rings. The number of fused-ring (bicyclic) bond motifs is 1. The Morgan fingerprint density at radius 2 is 2.17 bits per heavy atom. The van der Waals surface area contributed by atoms with Gasteiger partial charge in [-0.15, -0.1) is 0 Å². The molecule has 0 radical (unpaired) electrons. The number of nitrogens with one attached hydrogen (secondary N) is 1. The van der Waals surface area contributed by atoms with Crippen molar-refractivity contribution in [2.24, 2.45) is 5.73 Å². The van der Waals surface area contributed by atoms with E-state index in [0.717, 1.165) is 0 Å². The van der Waals surface area contributed by atoms with Crippen LogP contribution in [0.25, 0.3) is 0 Å². The molecule has 0 aliphatic carbocycles. The largest absolute Gasteiger partial charge is 0.462 e. The van der Waals surface area contributed by atoms with Crippen LogP contribution >= 0.6 is 0 Å². The molecule has 0 saturated heterocycles. The third-order valence-corrected chi connectivity index (χ3v) is 2.31. The molecule has 1 aromatic rings. The van der Waals surface area contributed by atoms with Gasteiger partial charge in [0.25, 0.3) is 5.91 Å². The Morgan fingerprint density at radius 1 is 1.44 bits per heavy atom. The fraction of sp³-hybridized carbons (Fsp3) is 0.167. The Kier molecular flexibility index (Phi) is 3.18. The van der Waals surface area contributed by atoms with Gasteiger partial charge in [0.05, 0.1) is 12.3 Å². The minimum Gasteiger partial charge on any atom is -0.462 e. The van der Waals surface area contributed by atoms with Gasteiger partial charge in [0.15, 0.2) is 11.3 Å². The number of ether oxygens (including phenoxy) is 2. The number of nitrogens with two attached hydrogens (primary N) is 1. The van der Waals surface area contributed by atoms with Crippen LogP contribution < -0.4 is 15.8 Å². The molecule has 2 rings (SSSR count). The maximum atomic E-state index is 11.9. The third kappa shape index (κ3) is 2.13. The van der Waals surface area contributed by atoms with Crippen molar-refractivity contribution < 1.29 is 19.1 Å². The van der Waals surface area contributed by atoms with Gasteiger partial charge in [0, 0.05) is 0 Å². The number of benzene rings is 1. The van der Waals surface area contributed by atoms with E-state index >= 15 is 0 Å². The molecule has 0 fully saturated rings.